The number of nitrogens with zero attached hydrogens (tertiary/aromatic N) is 2. The Balaban J connectivity index is 1.61. The highest BCUT2D eigenvalue weighted by Gasteiger charge is 2.46. The van der Waals surface area contributed by atoms with E-state index in [0.29, 0.717) is 31.6 Å². The molecular weight excluding hydrogens is 398 g/mol. The minimum Gasteiger partial charge on any atom is -0.353 e. The second kappa shape index (κ2) is 9.35. The van der Waals surface area contributed by atoms with Crippen LogP contribution < -0.4 is 5.32 Å². The number of carbonyl (C=O) groups excluding carboxylic acids is 2. The number of likely N-dealkylation sites (tertiary alicyclic amines) is 1. The first kappa shape index (κ1) is 21.8. The molecule has 2 heterocycles. The molecule has 1 fully saturated rings. The minimum atomic E-state index is -0.663. The molecule has 1 N–H and O–H groups in total. The molecule has 2 amide bonds. The Kier molecular flexibility index (Phi) is 6.35. The van der Waals surface area contributed by atoms with Gasteiger partial charge in [-0.15, -0.1) is 0 Å². The summed E-state index contributed by atoms with van der Waals surface area (Å²) in [6.07, 6.45) is 2.83. The molecule has 164 valence electrons. The molecule has 1 aliphatic heterocycles. The summed E-state index contributed by atoms with van der Waals surface area (Å²) >= 11 is 0. The lowest BCUT2D eigenvalue weighted by Crippen LogP contribution is -2.47. The molecule has 0 aliphatic carbocycles. The van der Waals surface area contributed by atoms with Crippen molar-refractivity contribution in [1.29, 1.82) is 0 Å². The quantitative estimate of drug-likeness (QED) is 0.636. The van der Waals surface area contributed by atoms with E-state index in [-0.39, 0.29) is 17.9 Å². The Hall–Kier alpha value is -3.47. The second-order valence-electron chi connectivity index (χ2n) is 8.84. The third-order valence-electron chi connectivity index (χ3n) is 6.00. The molecule has 0 unspecified atom stereocenters. The molecule has 32 heavy (non-hydrogen) atoms. The van der Waals surface area contributed by atoms with Crippen LogP contribution in [0.2, 0.25) is 0 Å². The van der Waals surface area contributed by atoms with Crippen molar-refractivity contribution in [2.75, 3.05) is 13.1 Å². The normalized spacial score (nSPS) is 18.0. The van der Waals surface area contributed by atoms with Crippen LogP contribution in [-0.4, -0.2) is 40.8 Å². The molecule has 0 spiro atoms. The maximum Gasteiger partial charge on any atom is 0.272 e. The number of carbonyl (C=O) groups is 2. The summed E-state index contributed by atoms with van der Waals surface area (Å²) in [6.45, 7) is 4.86. The summed E-state index contributed by atoms with van der Waals surface area (Å²) in [4.78, 5) is 32.3. The minimum absolute atomic E-state index is 0.00827. The maximum atomic E-state index is 13.4. The third kappa shape index (κ3) is 4.72. The molecule has 0 bridgehead atoms. The second-order valence-corrected chi connectivity index (χ2v) is 8.84. The van der Waals surface area contributed by atoms with Crippen molar-refractivity contribution < 1.29 is 9.59 Å². The van der Waals surface area contributed by atoms with Gasteiger partial charge in [0.15, 0.2) is 0 Å². The number of pyridine rings is 1. The van der Waals surface area contributed by atoms with Gasteiger partial charge in [0.25, 0.3) is 5.91 Å². The largest absolute Gasteiger partial charge is 0.353 e. The average Bonchev–Trinajstić information content (AvgIpc) is 3.25. The van der Waals surface area contributed by atoms with Gasteiger partial charge in [-0.1, -0.05) is 60.7 Å². The van der Waals surface area contributed by atoms with Gasteiger partial charge >= 0.3 is 0 Å². The first-order valence-corrected chi connectivity index (χ1v) is 11.1. The number of rotatable bonds is 6. The molecule has 1 atom stereocenters. The first-order valence-electron chi connectivity index (χ1n) is 11.1. The number of hydrogen-bond acceptors (Lipinski definition) is 3. The summed E-state index contributed by atoms with van der Waals surface area (Å²) < 4.78 is 0. The lowest BCUT2D eigenvalue weighted by atomic mass is 9.79. The number of benzene rings is 2. The van der Waals surface area contributed by atoms with E-state index < -0.39 is 5.41 Å². The SMILES string of the molecule is CC(C)NC(=O)[C@@]1(Cc2cccc(-c3ccccc3)c2)CCN(C(=O)c2ccccn2)C1. The van der Waals surface area contributed by atoms with Crippen molar-refractivity contribution in [2.45, 2.75) is 32.7 Å². The summed E-state index contributed by atoms with van der Waals surface area (Å²) in [5.41, 5.74) is 3.12. The van der Waals surface area contributed by atoms with E-state index in [1.54, 1.807) is 23.2 Å². The van der Waals surface area contributed by atoms with E-state index >= 15 is 0 Å². The van der Waals surface area contributed by atoms with Crippen LogP contribution >= 0.6 is 0 Å². The van der Waals surface area contributed by atoms with Crippen molar-refractivity contribution in [2.24, 2.45) is 5.41 Å². The standard InChI is InChI=1S/C27H29N3O2/c1-20(2)29-26(32)27(14-16-30(19-27)25(31)24-13-6-7-15-28-24)18-21-9-8-12-23(17-21)22-10-4-3-5-11-22/h3-13,15,17,20H,14,16,18-19H2,1-2H3,(H,29,32)/t27-/m1/s1. The van der Waals surface area contributed by atoms with Gasteiger partial charge in [0, 0.05) is 25.3 Å². The van der Waals surface area contributed by atoms with Crippen molar-refractivity contribution in [3.8, 4) is 11.1 Å². The van der Waals surface area contributed by atoms with E-state index in [0.717, 1.165) is 16.7 Å². The summed E-state index contributed by atoms with van der Waals surface area (Å²) in [7, 11) is 0. The first-order chi connectivity index (χ1) is 15.5. The maximum absolute atomic E-state index is 13.4. The fraction of sp³-hybridized carbons (Fsp3) is 0.296. The topological polar surface area (TPSA) is 62.3 Å². The molecule has 3 aromatic rings. The Morgan fingerprint density at radius 2 is 1.75 bits per heavy atom. The van der Waals surface area contributed by atoms with Crippen LogP contribution in [-0.2, 0) is 11.2 Å². The molecule has 1 saturated heterocycles. The average molecular weight is 428 g/mol. The van der Waals surface area contributed by atoms with Crippen LogP contribution in [0.4, 0.5) is 0 Å². The van der Waals surface area contributed by atoms with Crippen LogP contribution in [0.5, 0.6) is 0 Å². The Morgan fingerprint density at radius 1 is 1.00 bits per heavy atom. The monoisotopic (exact) mass is 427 g/mol. The molecular formula is C27H29N3O2. The van der Waals surface area contributed by atoms with Crippen molar-refractivity contribution in [3.05, 3.63) is 90.3 Å². The lowest BCUT2D eigenvalue weighted by Gasteiger charge is -2.29. The molecule has 1 aromatic heterocycles. The number of hydrogen-bond donors (Lipinski definition) is 1. The van der Waals surface area contributed by atoms with Crippen molar-refractivity contribution in [1.82, 2.24) is 15.2 Å². The van der Waals surface area contributed by atoms with Gasteiger partial charge in [0.1, 0.15) is 5.69 Å². The van der Waals surface area contributed by atoms with Crippen LogP contribution in [0.15, 0.2) is 79.0 Å². The Morgan fingerprint density at radius 3 is 2.47 bits per heavy atom. The molecule has 5 heteroatoms. The Labute approximate surface area is 189 Å². The van der Waals surface area contributed by atoms with E-state index in [4.69, 9.17) is 0 Å². The predicted molar refractivity (Wildman–Crippen MR) is 126 cm³/mol. The molecule has 4 rings (SSSR count). The van der Waals surface area contributed by atoms with Crippen LogP contribution in [0, 0.1) is 5.41 Å². The zero-order chi connectivity index (χ0) is 22.6. The third-order valence-corrected chi connectivity index (χ3v) is 6.00. The van der Waals surface area contributed by atoms with Gasteiger partial charge in [0.05, 0.1) is 5.41 Å². The molecule has 0 saturated carbocycles. The number of nitrogens with one attached hydrogen (secondary N) is 1. The van der Waals surface area contributed by atoms with Gasteiger partial charge in [-0.25, -0.2) is 0 Å². The molecule has 1 aliphatic rings. The molecule has 5 nitrogen and oxygen atoms in total. The van der Waals surface area contributed by atoms with E-state index in [1.807, 2.05) is 44.2 Å². The van der Waals surface area contributed by atoms with Crippen LogP contribution in [0.3, 0.4) is 0 Å². The van der Waals surface area contributed by atoms with Crippen molar-refractivity contribution in [3.63, 3.8) is 0 Å². The van der Waals surface area contributed by atoms with Gasteiger partial charge in [-0.2, -0.15) is 0 Å². The van der Waals surface area contributed by atoms with E-state index in [1.165, 1.54) is 0 Å². The molecule has 2 aromatic carbocycles. The van der Waals surface area contributed by atoms with Gasteiger partial charge < -0.3 is 10.2 Å². The smallest absolute Gasteiger partial charge is 0.272 e. The summed E-state index contributed by atoms with van der Waals surface area (Å²) in [5, 5.41) is 3.10. The van der Waals surface area contributed by atoms with Gasteiger partial charge in [0.2, 0.25) is 5.91 Å². The van der Waals surface area contributed by atoms with E-state index in [2.05, 4.69) is 40.6 Å². The fourth-order valence-electron chi connectivity index (χ4n) is 4.40. The number of amides is 2. The van der Waals surface area contributed by atoms with Gasteiger partial charge in [-0.05, 0) is 55.5 Å². The van der Waals surface area contributed by atoms with Gasteiger partial charge in [-0.3, -0.25) is 14.6 Å². The fourth-order valence-corrected chi connectivity index (χ4v) is 4.40. The van der Waals surface area contributed by atoms with Crippen LogP contribution in [0.25, 0.3) is 11.1 Å². The number of aromatic nitrogens is 1. The highest BCUT2D eigenvalue weighted by Crippen LogP contribution is 2.36. The predicted octanol–water partition coefficient (Wildman–Crippen LogP) is 4.35. The zero-order valence-electron chi connectivity index (χ0n) is 18.6. The van der Waals surface area contributed by atoms with Crippen LogP contribution in [0.1, 0.15) is 36.3 Å². The summed E-state index contributed by atoms with van der Waals surface area (Å²) in [6, 6.07) is 23.9. The Bertz CT molecular complexity index is 1080. The lowest BCUT2D eigenvalue weighted by molar-refractivity contribution is -0.130. The summed E-state index contributed by atoms with van der Waals surface area (Å²) in [5.74, 6) is -0.114. The zero-order valence-corrected chi connectivity index (χ0v) is 18.6. The highest BCUT2D eigenvalue weighted by molar-refractivity contribution is 5.94. The van der Waals surface area contributed by atoms with E-state index in [9.17, 15) is 9.59 Å². The molecule has 0 radical (unpaired) electrons. The highest BCUT2D eigenvalue weighted by atomic mass is 16.2. The van der Waals surface area contributed by atoms with Crippen molar-refractivity contribution >= 4 is 11.8 Å².